The van der Waals surface area contributed by atoms with E-state index in [0.717, 1.165) is 135 Å². The molecule has 0 amide bonds. The Morgan fingerprint density at radius 1 is 0.256 bits per heavy atom. The lowest BCUT2D eigenvalue weighted by Crippen LogP contribution is -2.30. The minimum absolute atomic E-state index is 0.0859. The van der Waals surface area contributed by atoms with E-state index in [2.05, 4.69) is 142 Å². The van der Waals surface area contributed by atoms with Crippen molar-refractivity contribution in [2.75, 3.05) is 13.2 Å². The van der Waals surface area contributed by atoms with Crippen LogP contribution in [0.4, 0.5) is 0 Å². The molecule has 0 saturated heterocycles. The van der Waals surface area contributed by atoms with Gasteiger partial charge in [-0.2, -0.15) is 0 Å². The average molecular weight is 1140 g/mol. The molecule has 0 aromatic heterocycles. The predicted molar refractivity (Wildman–Crippen MR) is 357 cm³/mol. The molecule has 0 heterocycles. The molecule has 468 valence electrons. The molecule has 0 saturated carbocycles. The van der Waals surface area contributed by atoms with Crippen molar-refractivity contribution < 1.29 is 28.6 Å². The lowest BCUT2D eigenvalue weighted by atomic mass is 10.0. The number of carbonyl (C=O) groups is 3. The van der Waals surface area contributed by atoms with Gasteiger partial charge in [-0.25, -0.2) is 0 Å². The van der Waals surface area contributed by atoms with Gasteiger partial charge in [0.15, 0.2) is 6.10 Å². The van der Waals surface area contributed by atoms with Gasteiger partial charge < -0.3 is 14.2 Å². The molecule has 82 heavy (non-hydrogen) atoms. The molecule has 0 spiro atoms. The first kappa shape index (κ1) is 77.8. The molecule has 0 N–H and O–H groups in total. The Morgan fingerprint density at radius 2 is 0.488 bits per heavy atom. The van der Waals surface area contributed by atoms with Crippen molar-refractivity contribution in [1.29, 1.82) is 0 Å². The number of allylic oxidation sites excluding steroid dienone is 20. The summed E-state index contributed by atoms with van der Waals surface area (Å²) in [5.41, 5.74) is 0. The number of hydrogen-bond donors (Lipinski definition) is 0. The summed E-state index contributed by atoms with van der Waals surface area (Å²) >= 11 is 0. The molecular weight excluding hydrogens is 1010 g/mol. The third-order valence-corrected chi connectivity index (χ3v) is 14.7. The maximum atomic E-state index is 12.9. The van der Waals surface area contributed by atoms with Crippen molar-refractivity contribution in [2.45, 2.75) is 329 Å². The van der Waals surface area contributed by atoms with Crippen LogP contribution in [0.5, 0.6) is 0 Å². The summed E-state index contributed by atoms with van der Waals surface area (Å²) in [6.07, 6.45) is 96.5. The smallest absolute Gasteiger partial charge is 0.306 e. The van der Waals surface area contributed by atoms with E-state index in [1.807, 2.05) is 0 Å². The van der Waals surface area contributed by atoms with E-state index in [-0.39, 0.29) is 31.1 Å². The highest BCUT2D eigenvalue weighted by molar-refractivity contribution is 5.71. The molecule has 0 aliphatic heterocycles. The van der Waals surface area contributed by atoms with Crippen molar-refractivity contribution in [1.82, 2.24) is 0 Å². The fourth-order valence-electron chi connectivity index (χ4n) is 9.49. The number of carbonyl (C=O) groups excluding carboxylic acids is 3. The monoisotopic (exact) mass is 1140 g/mol. The molecule has 0 aliphatic rings. The van der Waals surface area contributed by atoms with Gasteiger partial charge in [0.2, 0.25) is 0 Å². The van der Waals surface area contributed by atoms with Crippen molar-refractivity contribution in [3.8, 4) is 0 Å². The third-order valence-electron chi connectivity index (χ3n) is 14.7. The normalized spacial score (nSPS) is 12.9. The number of rotatable bonds is 62. The quantitative estimate of drug-likeness (QED) is 0.0261. The van der Waals surface area contributed by atoms with Crippen LogP contribution < -0.4 is 0 Å². The lowest BCUT2D eigenvalue weighted by Gasteiger charge is -2.18. The van der Waals surface area contributed by atoms with E-state index in [1.165, 1.54) is 148 Å². The maximum Gasteiger partial charge on any atom is 0.306 e. The minimum Gasteiger partial charge on any atom is -0.462 e. The summed E-state index contributed by atoms with van der Waals surface area (Å²) < 4.78 is 16.9. The Morgan fingerprint density at radius 3 is 0.780 bits per heavy atom. The second-order valence-electron chi connectivity index (χ2n) is 22.7. The van der Waals surface area contributed by atoms with Crippen LogP contribution >= 0.6 is 0 Å². The first-order valence-electron chi connectivity index (χ1n) is 34.5. The minimum atomic E-state index is -0.791. The predicted octanol–water partition coefficient (Wildman–Crippen LogP) is 23.9. The van der Waals surface area contributed by atoms with Gasteiger partial charge in [0.1, 0.15) is 13.2 Å². The van der Waals surface area contributed by atoms with E-state index in [0.29, 0.717) is 19.3 Å². The van der Waals surface area contributed by atoms with Crippen molar-refractivity contribution >= 4 is 17.9 Å². The summed E-state index contributed by atoms with van der Waals surface area (Å²) in [6.45, 7) is 6.46. The Kier molecular flexibility index (Phi) is 65.8. The summed E-state index contributed by atoms with van der Waals surface area (Å²) in [5, 5.41) is 0. The van der Waals surface area contributed by atoms with E-state index < -0.39 is 6.10 Å². The van der Waals surface area contributed by atoms with Crippen LogP contribution in [0.25, 0.3) is 0 Å². The van der Waals surface area contributed by atoms with E-state index >= 15 is 0 Å². The summed E-state index contributed by atoms with van der Waals surface area (Å²) in [6, 6.07) is 0. The SMILES string of the molecule is CC/C=C\C/C=C\C/C=C\C/C=C\C/C=C\C/C=C\CCCCCCCCCCCCCCCCC(=O)OCC(COC(=O)CCCCCCC/C=C\C/C=C\CCCC)OC(=O)CCCCCCCCC/C=C\C/C=C\CCCCC. The van der Waals surface area contributed by atoms with Gasteiger partial charge in [0, 0.05) is 19.3 Å². The summed E-state index contributed by atoms with van der Waals surface area (Å²) in [7, 11) is 0. The Hall–Kier alpha value is -4.19. The second kappa shape index (κ2) is 69.3. The van der Waals surface area contributed by atoms with Crippen LogP contribution in [0, 0.1) is 0 Å². The maximum absolute atomic E-state index is 12.9. The molecule has 1 atom stereocenters. The largest absolute Gasteiger partial charge is 0.462 e. The second-order valence-corrected chi connectivity index (χ2v) is 22.7. The average Bonchev–Trinajstić information content (AvgIpc) is 3.47. The fourth-order valence-corrected chi connectivity index (χ4v) is 9.49. The van der Waals surface area contributed by atoms with Crippen LogP contribution in [0.2, 0.25) is 0 Å². The Bertz CT molecular complexity index is 1690. The van der Waals surface area contributed by atoms with Gasteiger partial charge >= 0.3 is 17.9 Å². The van der Waals surface area contributed by atoms with Crippen molar-refractivity contribution in [2.24, 2.45) is 0 Å². The lowest BCUT2D eigenvalue weighted by molar-refractivity contribution is -0.167. The summed E-state index contributed by atoms with van der Waals surface area (Å²) in [5.74, 6) is -0.899. The van der Waals surface area contributed by atoms with Crippen LogP contribution in [0.15, 0.2) is 122 Å². The van der Waals surface area contributed by atoms with Gasteiger partial charge in [0.25, 0.3) is 0 Å². The molecule has 0 aromatic rings. The number of hydrogen-bond acceptors (Lipinski definition) is 6. The van der Waals surface area contributed by atoms with E-state index in [1.54, 1.807) is 0 Å². The zero-order chi connectivity index (χ0) is 59.2. The van der Waals surface area contributed by atoms with Crippen molar-refractivity contribution in [3.05, 3.63) is 122 Å². The highest BCUT2D eigenvalue weighted by Crippen LogP contribution is 2.16. The zero-order valence-electron chi connectivity index (χ0n) is 53.7. The zero-order valence-corrected chi connectivity index (χ0v) is 53.7. The first-order chi connectivity index (χ1) is 40.5. The first-order valence-corrected chi connectivity index (χ1v) is 34.5. The highest BCUT2D eigenvalue weighted by Gasteiger charge is 2.19. The third kappa shape index (κ3) is 66.6. The molecule has 0 aliphatic carbocycles. The van der Waals surface area contributed by atoms with Crippen molar-refractivity contribution in [3.63, 3.8) is 0 Å². The molecule has 0 rings (SSSR count). The highest BCUT2D eigenvalue weighted by atomic mass is 16.6. The molecule has 0 radical (unpaired) electrons. The van der Waals surface area contributed by atoms with Gasteiger partial charge in [-0.1, -0.05) is 296 Å². The Balaban J connectivity index is 4.24. The topological polar surface area (TPSA) is 78.9 Å². The number of esters is 3. The molecular formula is C76H128O6. The number of unbranched alkanes of at least 4 members (excludes halogenated alkanes) is 31. The molecule has 6 heteroatoms. The van der Waals surface area contributed by atoms with E-state index in [9.17, 15) is 14.4 Å². The molecule has 1 unspecified atom stereocenters. The van der Waals surface area contributed by atoms with Crippen LogP contribution in [0.1, 0.15) is 323 Å². The molecule has 6 nitrogen and oxygen atoms in total. The standard InChI is InChI=1S/C76H128O6/c1-4-7-10-13-16-19-22-25-28-30-31-32-33-34-35-36-37-38-39-40-41-42-43-44-45-47-48-51-54-57-60-63-66-69-75(78)81-72-73(71-80-74(77)68-65-62-59-56-53-50-27-24-21-18-15-12-9-6-3)82-76(79)70-67-64-61-58-55-52-49-46-29-26-23-20-17-14-11-8-5-2/h7,10,15-20,24-29,31-32,34-35,37-38,73H,4-6,8-9,11-14,21-23,30,33,36,39-72H2,1-3H3/b10-7-,18-15-,19-16-,20-17-,27-24-,28-25-,29-26-,32-31-,35-34-,38-37-. The van der Waals surface area contributed by atoms with Gasteiger partial charge in [-0.05, 0) is 128 Å². The fraction of sp³-hybridized carbons (Fsp3) is 0.697. The summed E-state index contributed by atoms with van der Waals surface area (Å²) in [4.78, 5) is 38.4. The van der Waals surface area contributed by atoms with Gasteiger partial charge in [0.05, 0.1) is 0 Å². The Labute approximate surface area is 507 Å². The molecule has 0 aromatic carbocycles. The van der Waals surface area contributed by atoms with Crippen LogP contribution in [0.3, 0.4) is 0 Å². The number of ether oxygens (including phenoxy) is 3. The van der Waals surface area contributed by atoms with Gasteiger partial charge in [-0.15, -0.1) is 0 Å². The van der Waals surface area contributed by atoms with Gasteiger partial charge in [-0.3, -0.25) is 14.4 Å². The van der Waals surface area contributed by atoms with Crippen LogP contribution in [-0.4, -0.2) is 37.2 Å². The van der Waals surface area contributed by atoms with E-state index in [4.69, 9.17) is 14.2 Å². The molecule has 0 bridgehead atoms. The molecule has 0 fully saturated rings. The van der Waals surface area contributed by atoms with Crippen LogP contribution in [-0.2, 0) is 28.6 Å².